The summed E-state index contributed by atoms with van der Waals surface area (Å²) in [5.41, 5.74) is -0.273. The number of fused-ring (bicyclic) bond motifs is 1. The summed E-state index contributed by atoms with van der Waals surface area (Å²) in [6, 6.07) is 6.34. The van der Waals surface area contributed by atoms with Crippen molar-refractivity contribution in [3.63, 3.8) is 0 Å². The molecule has 0 radical (unpaired) electrons. The molecular weight excluding hydrogens is 364 g/mol. The standard InChI is InChI=1S/C20H18N2O6/c1-10-16(19(25)26-4)13(9-21)18(27-10)22-17(24)11-5-6-15-12(7-11)14(23)8-20(2,3)28-15/h5-7H,8H2,1-4H3,(H,22,24). The number of ether oxygens (including phenoxy) is 2. The Hall–Kier alpha value is -3.60. The average Bonchev–Trinajstić information content (AvgIpc) is 2.94. The van der Waals surface area contributed by atoms with Gasteiger partial charge in [-0.3, -0.25) is 14.9 Å². The fourth-order valence-electron chi connectivity index (χ4n) is 3.06. The van der Waals surface area contributed by atoms with Gasteiger partial charge in [0.05, 0.1) is 19.1 Å². The molecule has 0 fully saturated rings. The fraction of sp³-hybridized carbons (Fsp3) is 0.300. The Morgan fingerprint density at radius 2 is 2.04 bits per heavy atom. The highest BCUT2D eigenvalue weighted by atomic mass is 16.5. The van der Waals surface area contributed by atoms with E-state index in [1.165, 1.54) is 26.2 Å². The van der Waals surface area contributed by atoms with Gasteiger partial charge >= 0.3 is 5.97 Å². The Kier molecular flexibility index (Phi) is 4.69. The van der Waals surface area contributed by atoms with Crippen molar-refractivity contribution < 1.29 is 28.3 Å². The van der Waals surface area contributed by atoms with Crippen LogP contribution in [0, 0.1) is 18.3 Å². The van der Waals surface area contributed by atoms with Crippen molar-refractivity contribution in [1.29, 1.82) is 5.26 Å². The van der Waals surface area contributed by atoms with Crippen LogP contribution >= 0.6 is 0 Å². The maximum absolute atomic E-state index is 12.6. The van der Waals surface area contributed by atoms with Crippen molar-refractivity contribution >= 4 is 23.5 Å². The quantitative estimate of drug-likeness (QED) is 0.809. The summed E-state index contributed by atoms with van der Waals surface area (Å²) in [5, 5.41) is 11.8. The van der Waals surface area contributed by atoms with E-state index >= 15 is 0 Å². The number of amides is 1. The summed E-state index contributed by atoms with van der Waals surface area (Å²) in [4.78, 5) is 36.8. The first-order chi connectivity index (χ1) is 13.2. The molecule has 0 saturated carbocycles. The van der Waals surface area contributed by atoms with Crippen LogP contribution in [0.2, 0.25) is 0 Å². The summed E-state index contributed by atoms with van der Waals surface area (Å²) in [7, 11) is 1.18. The zero-order valence-corrected chi connectivity index (χ0v) is 15.8. The van der Waals surface area contributed by atoms with Gasteiger partial charge in [0.15, 0.2) is 5.78 Å². The molecule has 1 aromatic carbocycles. The maximum Gasteiger partial charge on any atom is 0.342 e. The van der Waals surface area contributed by atoms with Crippen molar-refractivity contribution in [2.45, 2.75) is 32.8 Å². The van der Waals surface area contributed by atoms with Crippen LogP contribution in [0.3, 0.4) is 0 Å². The van der Waals surface area contributed by atoms with Crippen LogP contribution in [-0.2, 0) is 4.74 Å². The predicted octanol–water partition coefficient (Wildman–Crippen LogP) is 3.24. The summed E-state index contributed by atoms with van der Waals surface area (Å²) < 4.78 is 15.8. The number of methoxy groups -OCH3 is 1. The SMILES string of the molecule is COC(=O)c1c(C)oc(NC(=O)c2ccc3c(c2)C(=O)CC(C)(C)O3)c1C#N. The minimum Gasteiger partial charge on any atom is -0.487 e. The van der Waals surface area contributed by atoms with E-state index in [4.69, 9.17) is 9.15 Å². The second kappa shape index (κ2) is 6.85. The first-order valence-corrected chi connectivity index (χ1v) is 8.46. The van der Waals surface area contributed by atoms with E-state index in [0.717, 1.165) is 0 Å². The van der Waals surface area contributed by atoms with Crippen molar-refractivity contribution in [3.05, 3.63) is 46.2 Å². The van der Waals surface area contributed by atoms with Gasteiger partial charge in [0, 0.05) is 5.56 Å². The van der Waals surface area contributed by atoms with Crippen LogP contribution < -0.4 is 10.1 Å². The number of ketones is 1. The third-order valence-corrected chi connectivity index (χ3v) is 4.33. The number of carbonyl (C=O) groups excluding carboxylic acids is 3. The summed E-state index contributed by atoms with van der Waals surface area (Å²) in [6.45, 7) is 5.12. The lowest BCUT2D eigenvalue weighted by atomic mass is 9.92. The molecule has 1 aromatic heterocycles. The van der Waals surface area contributed by atoms with Crippen LogP contribution in [0.15, 0.2) is 22.6 Å². The summed E-state index contributed by atoms with van der Waals surface area (Å²) in [6.07, 6.45) is 0.198. The Bertz CT molecular complexity index is 1040. The fourth-order valence-corrected chi connectivity index (χ4v) is 3.06. The molecule has 1 aliphatic heterocycles. The molecule has 8 nitrogen and oxygen atoms in total. The van der Waals surface area contributed by atoms with Crippen molar-refractivity contribution in [1.82, 2.24) is 0 Å². The van der Waals surface area contributed by atoms with Gasteiger partial charge in [-0.05, 0) is 39.0 Å². The minimum atomic E-state index is -0.738. The topological polar surface area (TPSA) is 119 Å². The molecule has 1 amide bonds. The van der Waals surface area contributed by atoms with E-state index in [-0.39, 0.29) is 40.5 Å². The number of benzene rings is 1. The van der Waals surface area contributed by atoms with Gasteiger partial charge in [-0.15, -0.1) is 0 Å². The average molecular weight is 382 g/mol. The molecule has 28 heavy (non-hydrogen) atoms. The van der Waals surface area contributed by atoms with E-state index in [9.17, 15) is 19.6 Å². The highest BCUT2D eigenvalue weighted by Crippen LogP contribution is 2.34. The predicted molar refractivity (Wildman–Crippen MR) is 97.5 cm³/mol. The molecule has 0 atom stereocenters. The number of carbonyl (C=O) groups is 3. The molecule has 0 saturated heterocycles. The number of hydrogen-bond donors (Lipinski definition) is 1. The highest BCUT2D eigenvalue weighted by Gasteiger charge is 2.33. The van der Waals surface area contributed by atoms with Crippen LogP contribution in [-0.4, -0.2) is 30.4 Å². The molecule has 8 heteroatoms. The van der Waals surface area contributed by atoms with E-state index in [1.54, 1.807) is 6.07 Å². The Balaban J connectivity index is 1.91. The molecule has 3 rings (SSSR count). The lowest BCUT2D eigenvalue weighted by molar-refractivity contribution is 0.0594. The number of rotatable bonds is 3. The lowest BCUT2D eigenvalue weighted by Gasteiger charge is -2.31. The third kappa shape index (κ3) is 3.34. The zero-order chi connectivity index (χ0) is 20.6. The molecule has 0 spiro atoms. The largest absolute Gasteiger partial charge is 0.487 e. The molecule has 2 aromatic rings. The maximum atomic E-state index is 12.6. The molecule has 144 valence electrons. The second-order valence-electron chi connectivity index (χ2n) is 6.97. The van der Waals surface area contributed by atoms with Gasteiger partial charge in [0.1, 0.15) is 34.3 Å². The minimum absolute atomic E-state index is 0.0449. The number of esters is 1. The second-order valence-corrected chi connectivity index (χ2v) is 6.97. The number of aryl methyl sites for hydroxylation is 1. The van der Waals surface area contributed by atoms with E-state index in [0.29, 0.717) is 11.3 Å². The highest BCUT2D eigenvalue weighted by molar-refractivity contribution is 6.08. The lowest BCUT2D eigenvalue weighted by Crippen LogP contribution is -2.36. The molecule has 1 N–H and O–H groups in total. The van der Waals surface area contributed by atoms with Crippen molar-refractivity contribution in [3.8, 4) is 11.8 Å². The van der Waals surface area contributed by atoms with Crippen molar-refractivity contribution in [2.24, 2.45) is 0 Å². The normalized spacial score (nSPS) is 14.5. The molecule has 1 aliphatic rings. The van der Waals surface area contributed by atoms with Gasteiger partial charge in [0.2, 0.25) is 5.88 Å². The number of nitrogens with zero attached hydrogens (tertiary/aromatic N) is 1. The van der Waals surface area contributed by atoms with Crippen LogP contribution in [0.5, 0.6) is 5.75 Å². The van der Waals surface area contributed by atoms with E-state index in [1.807, 2.05) is 19.9 Å². The number of hydrogen-bond acceptors (Lipinski definition) is 7. The van der Waals surface area contributed by atoms with Gasteiger partial charge in [0.25, 0.3) is 5.91 Å². The Morgan fingerprint density at radius 1 is 1.32 bits per heavy atom. The summed E-state index contributed by atoms with van der Waals surface area (Å²) in [5.74, 6) is -1.06. The molecule has 0 unspecified atom stereocenters. The van der Waals surface area contributed by atoms with Gasteiger partial charge in [-0.1, -0.05) is 0 Å². The van der Waals surface area contributed by atoms with E-state index < -0.39 is 17.5 Å². The smallest absolute Gasteiger partial charge is 0.342 e. The number of Topliss-reactive ketones (excluding diaryl/α,β-unsaturated/α-hetero) is 1. The molecule has 0 bridgehead atoms. The number of nitrogens with one attached hydrogen (secondary N) is 1. The van der Waals surface area contributed by atoms with Crippen LogP contribution in [0.25, 0.3) is 0 Å². The van der Waals surface area contributed by atoms with Crippen LogP contribution in [0.1, 0.15) is 62.7 Å². The van der Waals surface area contributed by atoms with Gasteiger partial charge in [-0.2, -0.15) is 5.26 Å². The summed E-state index contributed by atoms with van der Waals surface area (Å²) >= 11 is 0. The monoisotopic (exact) mass is 382 g/mol. The van der Waals surface area contributed by atoms with Gasteiger partial charge in [-0.25, -0.2) is 4.79 Å². The van der Waals surface area contributed by atoms with Gasteiger partial charge < -0.3 is 13.9 Å². The number of furan rings is 1. The first-order valence-electron chi connectivity index (χ1n) is 8.46. The first kappa shape index (κ1) is 19.2. The van der Waals surface area contributed by atoms with Crippen molar-refractivity contribution in [2.75, 3.05) is 12.4 Å². The molecule has 2 heterocycles. The third-order valence-electron chi connectivity index (χ3n) is 4.33. The Labute approximate surface area is 161 Å². The zero-order valence-electron chi connectivity index (χ0n) is 15.8. The Morgan fingerprint density at radius 3 is 2.68 bits per heavy atom. The van der Waals surface area contributed by atoms with E-state index in [2.05, 4.69) is 10.1 Å². The molecule has 0 aliphatic carbocycles. The van der Waals surface area contributed by atoms with Crippen LogP contribution in [0.4, 0.5) is 5.88 Å². The number of nitriles is 1. The molecular formula is C20H18N2O6. The number of anilines is 1.